The number of benzene rings is 1. The molecule has 0 unspecified atom stereocenters. The average molecular weight is 279 g/mol. The Labute approximate surface area is 122 Å². The van der Waals surface area contributed by atoms with Crippen molar-refractivity contribution >= 4 is 16.7 Å². The average Bonchev–Trinajstić information content (AvgIpc) is 2.87. The first kappa shape index (κ1) is 13.2. The highest BCUT2D eigenvalue weighted by Crippen LogP contribution is 2.18. The predicted octanol–water partition coefficient (Wildman–Crippen LogP) is 3.17. The van der Waals surface area contributed by atoms with Crippen LogP contribution >= 0.6 is 0 Å². The fraction of sp³-hybridized carbons (Fsp3) is 0.118. The molecule has 21 heavy (non-hydrogen) atoms. The van der Waals surface area contributed by atoms with Gasteiger partial charge in [-0.2, -0.15) is 0 Å². The van der Waals surface area contributed by atoms with Crippen LogP contribution in [0.15, 0.2) is 42.6 Å². The van der Waals surface area contributed by atoms with Crippen LogP contribution in [0.25, 0.3) is 11.0 Å². The van der Waals surface area contributed by atoms with E-state index in [0.717, 1.165) is 16.7 Å². The standard InChI is InChI=1S/C17H14FN3/c1-21(2)16-8-6-12(10-15(16)18)5-7-14-11-13-4-3-9-19-17(13)20-14/h3-4,6,8-11H,1-2H3,(H,19,20). The van der Waals surface area contributed by atoms with Crippen molar-refractivity contribution < 1.29 is 4.39 Å². The van der Waals surface area contributed by atoms with Gasteiger partial charge in [-0.1, -0.05) is 5.92 Å². The number of hydrogen-bond donors (Lipinski definition) is 1. The lowest BCUT2D eigenvalue weighted by Gasteiger charge is -2.12. The van der Waals surface area contributed by atoms with Crippen LogP contribution in [0.5, 0.6) is 0 Å². The van der Waals surface area contributed by atoms with Gasteiger partial charge in [0.05, 0.1) is 11.4 Å². The number of nitrogens with zero attached hydrogens (tertiary/aromatic N) is 2. The first-order valence-corrected chi connectivity index (χ1v) is 6.56. The van der Waals surface area contributed by atoms with Gasteiger partial charge in [-0.3, -0.25) is 0 Å². The highest BCUT2D eigenvalue weighted by Gasteiger charge is 2.04. The SMILES string of the molecule is CN(C)c1ccc(C#Cc2cc3cccnc3[nH]2)cc1F. The molecule has 0 radical (unpaired) electrons. The van der Waals surface area contributed by atoms with Crippen LogP contribution in [0, 0.1) is 17.7 Å². The van der Waals surface area contributed by atoms with Crippen LogP contribution in [-0.2, 0) is 0 Å². The van der Waals surface area contributed by atoms with Gasteiger partial charge in [-0.15, -0.1) is 0 Å². The molecule has 3 aromatic rings. The van der Waals surface area contributed by atoms with Gasteiger partial charge < -0.3 is 9.88 Å². The van der Waals surface area contributed by atoms with Gasteiger partial charge in [0.15, 0.2) is 0 Å². The largest absolute Gasteiger partial charge is 0.375 e. The summed E-state index contributed by atoms with van der Waals surface area (Å²) in [7, 11) is 3.61. The fourth-order valence-corrected chi connectivity index (χ4v) is 2.11. The summed E-state index contributed by atoms with van der Waals surface area (Å²) in [6.07, 6.45) is 1.73. The minimum atomic E-state index is -0.273. The number of pyridine rings is 1. The zero-order chi connectivity index (χ0) is 14.8. The second-order valence-corrected chi connectivity index (χ2v) is 4.93. The van der Waals surface area contributed by atoms with Crippen molar-refractivity contribution in [3.63, 3.8) is 0 Å². The Morgan fingerprint density at radius 3 is 2.71 bits per heavy atom. The molecule has 3 rings (SSSR count). The van der Waals surface area contributed by atoms with Gasteiger partial charge in [0, 0.05) is 31.2 Å². The van der Waals surface area contributed by atoms with Crippen LogP contribution in [0.2, 0.25) is 0 Å². The predicted molar refractivity (Wildman–Crippen MR) is 82.8 cm³/mol. The lowest BCUT2D eigenvalue weighted by Crippen LogP contribution is -2.10. The monoisotopic (exact) mass is 279 g/mol. The molecule has 0 aliphatic rings. The summed E-state index contributed by atoms with van der Waals surface area (Å²) in [6, 6.07) is 10.8. The van der Waals surface area contributed by atoms with E-state index in [0.29, 0.717) is 11.3 Å². The van der Waals surface area contributed by atoms with E-state index in [2.05, 4.69) is 21.8 Å². The molecule has 2 aromatic heterocycles. The quantitative estimate of drug-likeness (QED) is 0.694. The lowest BCUT2D eigenvalue weighted by molar-refractivity contribution is 0.626. The molecule has 0 aliphatic carbocycles. The molecule has 0 amide bonds. The van der Waals surface area contributed by atoms with Crippen LogP contribution in [0.4, 0.5) is 10.1 Å². The molecule has 4 heteroatoms. The van der Waals surface area contributed by atoms with Gasteiger partial charge in [0.25, 0.3) is 0 Å². The molecule has 0 bridgehead atoms. The van der Waals surface area contributed by atoms with Crippen LogP contribution in [0.1, 0.15) is 11.3 Å². The second-order valence-electron chi connectivity index (χ2n) is 4.93. The number of anilines is 1. The van der Waals surface area contributed by atoms with Crippen LogP contribution < -0.4 is 4.90 Å². The van der Waals surface area contributed by atoms with E-state index in [9.17, 15) is 4.39 Å². The third-order valence-electron chi connectivity index (χ3n) is 3.16. The maximum atomic E-state index is 13.9. The summed E-state index contributed by atoms with van der Waals surface area (Å²) in [5.74, 6) is 5.69. The Morgan fingerprint density at radius 1 is 1.14 bits per heavy atom. The molecule has 3 nitrogen and oxygen atoms in total. The number of H-pyrrole nitrogens is 1. The fourth-order valence-electron chi connectivity index (χ4n) is 2.11. The van der Waals surface area contributed by atoms with Gasteiger partial charge in [-0.05, 0) is 42.3 Å². The van der Waals surface area contributed by atoms with Crippen molar-refractivity contribution in [1.29, 1.82) is 0 Å². The Balaban J connectivity index is 1.92. The Morgan fingerprint density at radius 2 is 2.00 bits per heavy atom. The summed E-state index contributed by atoms with van der Waals surface area (Å²) in [6.45, 7) is 0. The van der Waals surface area contributed by atoms with E-state index in [1.165, 1.54) is 6.07 Å². The maximum Gasteiger partial charge on any atom is 0.147 e. The number of aromatic amines is 1. The second kappa shape index (κ2) is 5.29. The lowest BCUT2D eigenvalue weighted by atomic mass is 10.2. The van der Waals surface area contributed by atoms with E-state index >= 15 is 0 Å². The van der Waals surface area contributed by atoms with Crippen molar-refractivity contribution in [1.82, 2.24) is 9.97 Å². The molecule has 0 spiro atoms. The minimum Gasteiger partial charge on any atom is -0.375 e. The van der Waals surface area contributed by atoms with E-state index in [4.69, 9.17) is 0 Å². The summed E-state index contributed by atoms with van der Waals surface area (Å²) < 4.78 is 13.9. The molecule has 2 heterocycles. The van der Waals surface area contributed by atoms with Crippen molar-refractivity contribution in [3.8, 4) is 11.8 Å². The number of fused-ring (bicyclic) bond motifs is 1. The first-order valence-electron chi connectivity index (χ1n) is 6.56. The molecule has 0 saturated carbocycles. The Hall–Kier alpha value is -2.80. The van der Waals surface area contributed by atoms with Crippen molar-refractivity contribution in [2.24, 2.45) is 0 Å². The summed E-state index contributed by atoms with van der Waals surface area (Å²) in [5.41, 5.74) is 2.76. The van der Waals surface area contributed by atoms with E-state index < -0.39 is 0 Å². The highest BCUT2D eigenvalue weighted by atomic mass is 19.1. The molecule has 0 fully saturated rings. The number of halogens is 1. The first-order chi connectivity index (χ1) is 10.1. The molecule has 1 aromatic carbocycles. The maximum absolute atomic E-state index is 13.9. The van der Waals surface area contributed by atoms with Gasteiger partial charge >= 0.3 is 0 Å². The van der Waals surface area contributed by atoms with Gasteiger partial charge in [0.2, 0.25) is 0 Å². The van der Waals surface area contributed by atoms with Gasteiger partial charge in [-0.25, -0.2) is 9.37 Å². The summed E-state index contributed by atoms with van der Waals surface area (Å²) >= 11 is 0. The van der Waals surface area contributed by atoms with E-state index in [-0.39, 0.29) is 5.82 Å². The van der Waals surface area contributed by atoms with Crippen LogP contribution in [-0.4, -0.2) is 24.1 Å². The Kier molecular flexibility index (Phi) is 3.33. The minimum absolute atomic E-state index is 0.273. The zero-order valence-corrected chi connectivity index (χ0v) is 11.8. The summed E-state index contributed by atoms with van der Waals surface area (Å²) in [4.78, 5) is 9.07. The molecule has 0 aliphatic heterocycles. The van der Waals surface area contributed by atoms with Crippen molar-refractivity contribution in [2.45, 2.75) is 0 Å². The Bertz CT molecular complexity index is 820. The molecule has 0 atom stereocenters. The smallest absolute Gasteiger partial charge is 0.147 e. The molecule has 0 saturated heterocycles. The highest BCUT2D eigenvalue weighted by molar-refractivity contribution is 5.77. The number of rotatable bonds is 1. The number of aromatic nitrogens is 2. The summed E-state index contributed by atoms with van der Waals surface area (Å²) in [5, 5.41) is 1.01. The van der Waals surface area contributed by atoms with E-state index in [1.54, 1.807) is 31.3 Å². The number of nitrogens with one attached hydrogen (secondary N) is 1. The molecule has 104 valence electrons. The third kappa shape index (κ3) is 2.72. The van der Waals surface area contributed by atoms with E-state index in [1.807, 2.05) is 24.3 Å². The van der Waals surface area contributed by atoms with Gasteiger partial charge in [0.1, 0.15) is 11.5 Å². The molecular formula is C17H14FN3. The molecular weight excluding hydrogens is 265 g/mol. The number of hydrogen-bond acceptors (Lipinski definition) is 2. The van der Waals surface area contributed by atoms with Crippen molar-refractivity contribution in [3.05, 3.63) is 59.7 Å². The topological polar surface area (TPSA) is 31.9 Å². The van der Waals surface area contributed by atoms with Crippen LogP contribution in [0.3, 0.4) is 0 Å². The third-order valence-corrected chi connectivity index (χ3v) is 3.16. The zero-order valence-electron chi connectivity index (χ0n) is 11.8. The normalized spacial score (nSPS) is 10.2. The molecule has 1 N–H and O–H groups in total. The van der Waals surface area contributed by atoms with Crippen molar-refractivity contribution in [2.75, 3.05) is 19.0 Å².